The number of nitrogens with zero attached hydrogens (tertiary/aromatic N) is 1. The van der Waals surface area contributed by atoms with E-state index in [2.05, 4.69) is 18.9 Å². The number of carbonyl (C=O) groups is 1. The molecule has 1 heterocycles. The fourth-order valence-corrected chi connectivity index (χ4v) is 2.66. The van der Waals surface area contributed by atoms with Gasteiger partial charge in [-0.3, -0.25) is 4.90 Å². The van der Waals surface area contributed by atoms with Gasteiger partial charge in [-0.25, -0.2) is 4.79 Å². The lowest BCUT2D eigenvalue weighted by Crippen LogP contribution is -2.38. The number of esters is 1. The van der Waals surface area contributed by atoms with E-state index in [0.29, 0.717) is 17.6 Å². The third kappa shape index (κ3) is 3.38. The van der Waals surface area contributed by atoms with Crippen LogP contribution < -0.4 is 0 Å². The Morgan fingerprint density at radius 2 is 1.90 bits per heavy atom. The van der Waals surface area contributed by atoms with Gasteiger partial charge < -0.3 is 9.47 Å². The van der Waals surface area contributed by atoms with Crippen LogP contribution in [0.25, 0.3) is 0 Å². The SMILES string of the molecule is COC(=O)c1ccc(C(C)N(C)C2CCOCC2)cc1. The lowest BCUT2D eigenvalue weighted by Gasteiger charge is -2.35. The van der Waals surface area contributed by atoms with Gasteiger partial charge >= 0.3 is 5.97 Å². The third-order valence-electron chi connectivity index (χ3n) is 4.19. The maximum Gasteiger partial charge on any atom is 0.337 e. The Morgan fingerprint density at radius 3 is 2.45 bits per heavy atom. The molecule has 1 atom stereocenters. The summed E-state index contributed by atoms with van der Waals surface area (Å²) in [6, 6.07) is 8.56. The molecule has 0 spiro atoms. The van der Waals surface area contributed by atoms with Crippen LogP contribution in [0.3, 0.4) is 0 Å². The highest BCUT2D eigenvalue weighted by Gasteiger charge is 2.23. The molecule has 0 bridgehead atoms. The van der Waals surface area contributed by atoms with E-state index in [1.807, 2.05) is 24.3 Å². The Hall–Kier alpha value is -1.39. The summed E-state index contributed by atoms with van der Waals surface area (Å²) >= 11 is 0. The first-order valence-corrected chi connectivity index (χ1v) is 7.11. The van der Waals surface area contributed by atoms with Gasteiger partial charge in [0.2, 0.25) is 0 Å². The highest BCUT2D eigenvalue weighted by molar-refractivity contribution is 5.89. The summed E-state index contributed by atoms with van der Waals surface area (Å²) in [5, 5.41) is 0. The predicted molar refractivity (Wildman–Crippen MR) is 77.8 cm³/mol. The van der Waals surface area contributed by atoms with E-state index >= 15 is 0 Å². The first kappa shape index (κ1) is 15.0. The molecule has 110 valence electrons. The smallest absolute Gasteiger partial charge is 0.337 e. The summed E-state index contributed by atoms with van der Waals surface area (Å²) in [6.07, 6.45) is 2.17. The number of benzene rings is 1. The molecule has 1 aliphatic rings. The first-order chi connectivity index (χ1) is 9.63. The van der Waals surface area contributed by atoms with Crippen LogP contribution in [0.5, 0.6) is 0 Å². The molecular weight excluding hydrogens is 254 g/mol. The van der Waals surface area contributed by atoms with E-state index in [1.165, 1.54) is 12.7 Å². The second-order valence-electron chi connectivity index (χ2n) is 5.30. The van der Waals surface area contributed by atoms with Crippen LogP contribution in [0.15, 0.2) is 24.3 Å². The lowest BCUT2D eigenvalue weighted by molar-refractivity contribution is 0.0308. The fraction of sp³-hybridized carbons (Fsp3) is 0.562. The number of hydrogen-bond acceptors (Lipinski definition) is 4. The lowest BCUT2D eigenvalue weighted by atomic mass is 10.0. The van der Waals surface area contributed by atoms with Gasteiger partial charge in [0.1, 0.15) is 0 Å². The van der Waals surface area contributed by atoms with Gasteiger partial charge in [-0.1, -0.05) is 12.1 Å². The van der Waals surface area contributed by atoms with Gasteiger partial charge in [-0.2, -0.15) is 0 Å². The van der Waals surface area contributed by atoms with Crippen LogP contribution in [0.2, 0.25) is 0 Å². The molecule has 1 unspecified atom stereocenters. The molecule has 0 aromatic heterocycles. The molecule has 1 saturated heterocycles. The summed E-state index contributed by atoms with van der Waals surface area (Å²) in [7, 11) is 3.56. The summed E-state index contributed by atoms with van der Waals surface area (Å²) < 4.78 is 10.1. The van der Waals surface area contributed by atoms with Crippen molar-refractivity contribution in [1.29, 1.82) is 0 Å². The zero-order chi connectivity index (χ0) is 14.5. The molecule has 0 amide bonds. The Bertz CT molecular complexity index is 438. The average Bonchev–Trinajstić information content (AvgIpc) is 2.53. The predicted octanol–water partition coefficient (Wildman–Crippen LogP) is 2.65. The van der Waals surface area contributed by atoms with Crippen LogP contribution in [0.1, 0.15) is 41.7 Å². The number of hydrogen-bond donors (Lipinski definition) is 0. The van der Waals surface area contributed by atoms with Crippen LogP contribution in [0.4, 0.5) is 0 Å². The molecule has 1 aromatic carbocycles. The number of methoxy groups -OCH3 is 1. The number of rotatable bonds is 4. The molecule has 0 aliphatic carbocycles. The number of ether oxygens (including phenoxy) is 2. The van der Waals surface area contributed by atoms with Crippen molar-refractivity contribution in [2.24, 2.45) is 0 Å². The quantitative estimate of drug-likeness (QED) is 0.793. The van der Waals surface area contributed by atoms with Crippen molar-refractivity contribution in [2.45, 2.75) is 31.8 Å². The average molecular weight is 277 g/mol. The van der Waals surface area contributed by atoms with Crippen molar-refractivity contribution in [1.82, 2.24) is 4.90 Å². The van der Waals surface area contributed by atoms with E-state index in [-0.39, 0.29) is 5.97 Å². The van der Waals surface area contributed by atoms with Gasteiger partial charge in [0.05, 0.1) is 12.7 Å². The second kappa shape index (κ2) is 6.86. The molecule has 0 N–H and O–H groups in total. The molecule has 1 aliphatic heterocycles. The van der Waals surface area contributed by atoms with Gasteiger partial charge in [0, 0.05) is 25.3 Å². The van der Waals surface area contributed by atoms with Crippen molar-refractivity contribution in [3.05, 3.63) is 35.4 Å². The second-order valence-corrected chi connectivity index (χ2v) is 5.30. The van der Waals surface area contributed by atoms with E-state index in [4.69, 9.17) is 9.47 Å². The van der Waals surface area contributed by atoms with Gasteiger partial charge in [-0.05, 0) is 44.5 Å². The maximum atomic E-state index is 11.4. The zero-order valence-electron chi connectivity index (χ0n) is 12.5. The van der Waals surface area contributed by atoms with Crippen molar-refractivity contribution in [3.63, 3.8) is 0 Å². The first-order valence-electron chi connectivity index (χ1n) is 7.11. The Labute approximate surface area is 120 Å². The minimum absolute atomic E-state index is 0.290. The normalized spacial score (nSPS) is 18.0. The standard InChI is InChI=1S/C16H23NO3/c1-12(17(2)15-8-10-20-11-9-15)13-4-6-14(7-5-13)16(18)19-3/h4-7,12,15H,8-11H2,1-3H3. The van der Waals surface area contributed by atoms with Crippen molar-refractivity contribution >= 4 is 5.97 Å². The van der Waals surface area contributed by atoms with E-state index in [1.54, 1.807) is 0 Å². The van der Waals surface area contributed by atoms with Gasteiger partial charge in [-0.15, -0.1) is 0 Å². The van der Waals surface area contributed by atoms with Crippen LogP contribution in [-0.2, 0) is 9.47 Å². The summed E-state index contributed by atoms with van der Waals surface area (Å²) in [5.41, 5.74) is 1.81. The minimum atomic E-state index is -0.290. The van der Waals surface area contributed by atoms with Crippen LogP contribution >= 0.6 is 0 Å². The van der Waals surface area contributed by atoms with Crippen LogP contribution in [0, 0.1) is 0 Å². The molecule has 20 heavy (non-hydrogen) atoms. The molecular formula is C16H23NO3. The fourth-order valence-electron chi connectivity index (χ4n) is 2.66. The molecule has 1 aromatic rings. The maximum absolute atomic E-state index is 11.4. The molecule has 4 nitrogen and oxygen atoms in total. The highest BCUT2D eigenvalue weighted by atomic mass is 16.5. The van der Waals surface area contributed by atoms with Crippen molar-refractivity contribution < 1.29 is 14.3 Å². The monoisotopic (exact) mass is 277 g/mol. The van der Waals surface area contributed by atoms with Gasteiger partial charge in [0.25, 0.3) is 0 Å². The highest BCUT2D eigenvalue weighted by Crippen LogP contribution is 2.25. The topological polar surface area (TPSA) is 38.8 Å². The summed E-state index contributed by atoms with van der Waals surface area (Å²) in [5.74, 6) is -0.290. The molecule has 2 rings (SSSR count). The molecule has 4 heteroatoms. The largest absolute Gasteiger partial charge is 0.465 e. The Kier molecular flexibility index (Phi) is 5.15. The van der Waals surface area contributed by atoms with E-state index in [9.17, 15) is 4.79 Å². The molecule has 1 fully saturated rings. The van der Waals surface area contributed by atoms with E-state index in [0.717, 1.165) is 26.1 Å². The molecule has 0 radical (unpaired) electrons. The molecule has 0 saturated carbocycles. The third-order valence-corrected chi connectivity index (χ3v) is 4.19. The summed E-state index contributed by atoms with van der Waals surface area (Å²) in [4.78, 5) is 13.8. The Morgan fingerprint density at radius 1 is 1.30 bits per heavy atom. The van der Waals surface area contributed by atoms with E-state index < -0.39 is 0 Å². The summed E-state index contributed by atoms with van der Waals surface area (Å²) in [6.45, 7) is 3.90. The Balaban J connectivity index is 2.04. The van der Waals surface area contributed by atoms with Crippen molar-refractivity contribution in [2.75, 3.05) is 27.4 Å². The zero-order valence-corrected chi connectivity index (χ0v) is 12.5. The van der Waals surface area contributed by atoms with Crippen LogP contribution in [-0.4, -0.2) is 44.3 Å². The van der Waals surface area contributed by atoms with Gasteiger partial charge in [0.15, 0.2) is 0 Å². The number of carbonyl (C=O) groups excluding carboxylic acids is 1. The van der Waals surface area contributed by atoms with Crippen molar-refractivity contribution in [3.8, 4) is 0 Å². The minimum Gasteiger partial charge on any atom is -0.465 e.